The van der Waals surface area contributed by atoms with Crippen LogP contribution in [0.3, 0.4) is 0 Å². The Morgan fingerprint density at radius 3 is 3.20 bits per heavy atom. The summed E-state index contributed by atoms with van der Waals surface area (Å²) in [5.41, 5.74) is 0. The Morgan fingerprint density at radius 1 is 1.53 bits per heavy atom. The van der Waals surface area contributed by atoms with Crippen molar-refractivity contribution in [3.05, 3.63) is 12.2 Å². The van der Waals surface area contributed by atoms with Gasteiger partial charge in [0.25, 0.3) is 0 Å². The lowest BCUT2D eigenvalue weighted by Crippen LogP contribution is -2.30. The lowest BCUT2D eigenvalue weighted by molar-refractivity contribution is 0.0539. The van der Waals surface area contributed by atoms with Gasteiger partial charge in [-0.1, -0.05) is 25.5 Å². The summed E-state index contributed by atoms with van der Waals surface area (Å²) < 4.78 is 10.7. The highest BCUT2D eigenvalue weighted by Gasteiger charge is 2.41. The number of nitrogens with one attached hydrogen (secondary N) is 1. The summed E-state index contributed by atoms with van der Waals surface area (Å²) in [6.07, 6.45) is 5.92. The Kier molecular flexibility index (Phi) is 3.26. The van der Waals surface area contributed by atoms with E-state index in [-0.39, 0.29) is 24.2 Å². The second-order valence-electron chi connectivity index (χ2n) is 4.02. The molecule has 1 amide bonds. The van der Waals surface area contributed by atoms with E-state index >= 15 is 0 Å². The number of carbonyl (C=O) groups excluding carboxylic acids is 1. The molecule has 0 aromatic carbocycles. The summed E-state index contributed by atoms with van der Waals surface area (Å²) in [6, 6.07) is 0.0530. The molecule has 84 valence electrons. The maximum absolute atomic E-state index is 11.0. The number of hydrogen-bond acceptors (Lipinski definition) is 3. The largest absolute Gasteiger partial charge is 0.443 e. The molecule has 0 saturated carbocycles. The van der Waals surface area contributed by atoms with Crippen molar-refractivity contribution in [2.45, 2.75) is 31.9 Å². The highest BCUT2D eigenvalue weighted by atomic mass is 16.6. The average molecular weight is 211 g/mol. The van der Waals surface area contributed by atoms with Crippen molar-refractivity contribution in [3.8, 4) is 0 Å². The zero-order valence-corrected chi connectivity index (χ0v) is 8.94. The topological polar surface area (TPSA) is 47.6 Å². The van der Waals surface area contributed by atoms with E-state index < -0.39 is 0 Å². The average Bonchev–Trinajstić information content (AvgIpc) is 2.73. The highest BCUT2D eigenvalue weighted by Crippen LogP contribution is 2.26. The predicted molar refractivity (Wildman–Crippen MR) is 55.5 cm³/mol. The molecule has 0 unspecified atom stereocenters. The monoisotopic (exact) mass is 211 g/mol. The molecule has 15 heavy (non-hydrogen) atoms. The Hall–Kier alpha value is -1.03. The molecule has 4 nitrogen and oxygen atoms in total. The predicted octanol–water partition coefficient (Wildman–Crippen LogP) is 1.47. The lowest BCUT2D eigenvalue weighted by Gasteiger charge is -2.16. The first-order valence-electron chi connectivity index (χ1n) is 5.54. The van der Waals surface area contributed by atoms with Gasteiger partial charge in [-0.05, 0) is 6.42 Å². The lowest BCUT2D eigenvalue weighted by atomic mass is 10.1. The smallest absolute Gasteiger partial charge is 0.408 e. The molecule has 1 saturated heterocycles. The van der Waals surface area contributed by atoms with Gasteiger partial charge in [0.05, 0.1) is 12.6 Å². The Labute approximate surface area is 89.6 Å². The van der Waals surface area contributed by atoms with Crippen LogP contribution in [0.4, 0.5) is 4.79 Å². The van der Waals surface area contributed by atoms with Crippen LogP contribution in [-0.2, 0) is 9.47 Å². The van der Waals surface area contributed by atoms with E-state index in [2.05, 4.69) is 18.3 Å². The molecule has 1 heterocycles. The molecular formula is C11H17NO3. The second kappa shape index (κ2) is 4.66. The van der Waals surface area contributed by atoms with E-state index in [4.69, 9.17) is 9.47 Å². The molecule has 2 aliphatic rings. The van der Waals surface area contributed by atoms with Gasteiger partial charge in [-0.2, -0.15) is 0 Å². The standard InChI is InChI=1S/C11H17NO3/c1-2-3-6-14-7-8-4-5-9-10(8)15-11(13)12-9/h4-5,8-10H,2-3,6-7H2,1H3,(H,12,13)/t8-,9+,10-/m0/s1. The summed E-state index contributed by atoms with van der Waals surface area (Å²) >= 11 is 0. The number of rotatable bonds is 5. The summed E-state index contributed by atoms with van der Waals surface area (Å²) in [4.78, 5) is 11.0. The van der Waals surface area contributed by atoms with Gasteiger partial charge >= 0.3 is 6.09 Å². The fourth-order valence-corrected chi connectivity index (χ4v) is 1.95. The number of hydrogen-bond donors (Lipinski definition) is 1. The van der Waals surface area contributed by atoms with E-state index in [0.29, 0.717) is 6.61 Å². The minimum absolute atomic E-state index is 0.0530. The summed E-state index contributed by atoms with van der Waals surface area (Å²) in [5, 5.41) is 2.74. The van der Waals surface area contributed by atoms with Gasteiger partial charge in [0.2, 0.25) is 0 Å². The van der Waals surface area contributed by atoms with Gasteiger partial charge in [0.15, 0.2) is 0 Å². The Balaban J connectivity index is 1.75. The fourth-order valence-electron chi connectivity index (χ4n) is 1.95. The van der Waals surface area contributed by atoms with Crippen molar-refractivity contribution in [3.63, 3.8) is 0 Å². The number of ether oxygens (including phenoxy) is 2. The normalized spacial score (nSPS) is 32.6. The van der Waals surface area contributed by atoms with Gasteiger partial charge in [0, 0.05) is 12.5 Å². The van der Waals surface area contributed by atoms with Crippen molar-refractivity contribution in [1.29, 1.82) is 0 Å². The first kappa shape index (κ1) is 10.5. The maximum atomic E-state index is 11.0. The molecular weight excluding hydrogens is 194 g/mol. The van der Waals surface area contributed by atoms with Crippen molar-refractivity contribution < 1.29 is 14.3 Å². The SMILES string of the molecule is CCCCOC[C@@H]1C=C[C@H]2NC(=O)O[C@@H]12. The van der Waals surface area contributed by atoms with E-state index in [1.807, 2.05) is 6.08 Å². The number of unbranched alkanes of at least 4 members (excludes halogenated alkanes) is 1. The third-order valence-corrected chi connectivity index (χ3v) is 2.82. The molecule has 0 radical (unpaired) electrons. The van der Waals surface area contributed by atoms with Gasteiger partial charge in [-0.25, -0.2) is 4.79 Å². The summed E-state index contributed by atoms with van der Waals surface area (Å²) in [7, 11) is 0. The highest BCUT2D eigenvalue weighted by molar-refractivity contribution is 5.71. The Bertz CT molecular complexity index is 265. The van der Waals surface area contributed by atoms with Crippen LogP contribution in [0.2, 0.25) is 0 Å². The first-order valence-corrected chi connectivity index (χ1v) is 5.54. The molecule has 3 atom stereocenters. The van der Waals surface area contributed by atoms with Crippen molar-refractivity contribution in [2.24, 2.45) is 5.92 Å². The van der Waals surface area contributed by atoms with Crippen LogP contribution in [0.1, 0.15) is 19.8 Å². The molecule has 1 fully saturated rings. The third-order valence-electron chi connectivity index (χ3n) is 2.82. The summed E-state index contributed by atoms with van der Waals surface area (Å²) in [5.74, 6) is 0.214. The number of carbonyl (C=O) groups is 1. The van der Waals surface area contributed by atoms with Gasteiger partial charge in [-0.15, -0.1) is 0 Å². The van der Waals surface area contributed by atoms with E-state index in [1.54, 1.807) is 0 Å². The Morgan fingerprint density at radius 2 is 2.40 bits per heavy atom. The molecule has 1 aliphatic heterocycles. The van der Waals surface area contributed by atoms with Crippen LogP contribution < -0.4 is 5.32 Å². The molecule has 1 aliphatic carbocycles. The van der Waals surface area contributed by atoms with Crippen molar-refractivity contribution in [2.75, 3.05) is 13.2 Å². The third kappa shape index (κ3) is 2.31. The molecule has 0 aromatic heterocycles. The van der Waals surface area contributed by atoms with Crippen molar-refractivity contribution in [1.82, 2.24) is 5.32 Å². The van der Waals surface area contributed by atoms with Crippen LogP contribution in [-0.4, -0.2) is 31.5 Å². The van der Waals surface area contributed by atoms with Gasteiger partial charge in [0.1, 0.15) is 6.10 Å². The van der Waals surface area contributed by atoms with E-state index in [0.717, 1.165) is 19.4 Å². The van der Waals surface area contributed by atoms with Crippen LogP contribution in [0.15, 0.2) is 12.2 Å². The molecule has 0 spiro atoms. The molecule has 2 rings (SSSR count). The second-order valence-corrected chi connectivity index (χ2v) is 4.02. The van der Waals surface area contributed by atoms with Crippen LogP contribution in [0.5, 0.6) is 0 Å². The quantitative estimate of drug-likeness (QED) is 0.553. The minimum atomic E-state index is -0.312. The van der Waals surface area contributed by atoms with Crippen LogP contribution in [0.25, 0.3) is 0 Å². The van der Waals surface area contributed by atoms with Gasteiger partial charge < -0.3 is 14.8 Å². The molecule has 4 heteroatoms. The van der Waals surface area contributed by atoms with Crippen LogP contribution in [0, 0.1) is 5.92 Å². The van der Waals surface area contributed by atoms with Crippen molar-refractivity contribution >= 4 is 6.09 Å². The van der Waals surface area contributed by atoms with E-state index in [1.165, 1.54) is 0 Å². The first-order chi connectivity index (χ1) is 7.31. The summed E-state index contributed by atoms with van der Waals surface area (Å²) in [6.45, 7) is 3.57. The number of amides is 1. The van der Waals surface area contributed by atoms with E-state index in [9.17, 15) is 4.79 Å². The molecule has 0 bridgehead atoms. The number of alkyl carbamates (subject to hydrolysis) is 1. The fraction of sp³-hybridized carbons (Fsp3) is 0.727. The van der Waals surface area contributed by atoms with Crippen LogP contribution >= 0.6 is 0 Å². The number of fused-ring (bicyclic) bond motifs is 1. The zero-order chi connectivity index (χ0) is 10.7. The minimum Gasteiger partial charge on any atom is -0.443 e. The maximum Gasteiger partial charge on any atom is 0.408 e. The molecule has 0 aromatic rings. The van der Waals surface area contributed by atoms with Gasteiger partial charge in [-0.3, -0.25) is 0 Å². The molecule has 1 N–H and O–H groups in total. The zero-order valence-electron chi connectivity index (χ0n) is 8.94.